The first-order valence-electron chi connectivity index (χ1n) is 7.62. The van der Waals surface area contributed by atoms with Crippen molar-refractivity contribution in [3.63, 3.8) is 0 Å². The zero-order valence-electron chi connectivity index (χ0n) is 12.7. The highest BCUT2D eigenvalue weighted by molar-refractivity contribution is 5.82. The molecule has 2 nitrogen and oxygen atoms in total. The molecule has 0 aliphatic heterocycles. The molecule has 1 aromatic rings. The van der Waals surface area contributed by atoms with Crippen molar-refractivity contribution >= 4 is 5.57 Å². The zero-order valence-corrected chi connectivity index (χ0v) is 12.7. The number of hydrogen-bond acceptors (Lipinski definition) is 2. The van der Waals surface area contributed by atoms with Crippen LogP contribution in [0.15, 0.2) is 35.4 Å². The molecule has 1 N–H and O–H groups in total. The summed E-state index contributed by atoms with van der Waals surface area (Å²) < 4.78 is 38.5. The molecule has 0 amide bonds. The molecule has 0 bridgehead atoms. The standard InChI is InChI=1S/C19H14F3NO/c20-19(21,22)17-8-7-14(10-18(17)24)16-9-12(11-23)3-1-4-13-5-2-6-15(13)16/h7-10,12,24H,2,4-6H2. The molecule has 1 unspecified atom stereocenters. The highest BCUT2D eigenvalue weighted by Gasteiger charge is 2.34. The molecule has 2 aliphatic carbocycles. The van der Waals surface area contributed by atoms with E-state index in [1.165, 1.54) is 11.6 Å². The number of allylic oxidation sites excluding steroid dienone is 4. The molecule has 0 spiro atoms. The predicted molar refractivity (Wildman–Crippen MR) is 83.5 cm³/mol. The average molecular weight is 329 g/mol. The number of rotatable bonds is 1. The lowest BCUT2D eigenvalue weighted by molar-refractivity contribution is -0.138. The number of hydrogen-bond donors (Lipinski definition) is 1. The van der Waals surface area contributed by atoms with Gasteiger partial charge in [-0.15, -0.1) is 0 Å². The molecule has 122 valence electrons. The maximum absolute atomic E-state index is 12.8. The van der Waals surface area contributed by atoms with Gasteiger partial charge in [0.1, 0.15) is 11.7 Å². The van der Waals surface area contributed by atoms with Crippen LogP contribution in [-0.2, 0) is 6.18 Å². The minimum atomic E-state index is -4.60. The second kappa shape index (κ2) is 6.09. The first kappa shape index (κ1) is 16.2. The van der Waals surface area contributed by atoms with E-state index in [2.05, 4.69) is 17.9 Å². The summed E-state index contributed by atoms with van der Waals surface area (Å²) >= 11 is 0. The highest BCUT2D eigenvalue weighted by atomic mass is 19.4. The van der Waals surface area contributed by atoms with Crippen LogP contribution in [0.3, 0.4) is 0 Å². The summed E-state index contributed by atoms with van der Waals surface area (Å²) in [4.78, 5) is 0. The van der Waals surface area contributed by atoms with Crippen LogP contribution in [0.4, 0.5) is 13.2 Å². The summed E-state index contributed by atoms with van der Waals surface area (Å²) in [5.41, 5.74) is 2.36. The van der Waals surface area contributed by atoms with Gasteiger partial charge in [-0.1, -0.05) is 23.5 Å². The van der Waals surface area contributed by atoms with Crippen molar-refractivity contribution in [2.24, 2.45) is 5.92 Å². The molecule has 0 aromatic heterocycles. The number of phenols is 1. The van der Waals surface area contributed by atoms with Crippen LogP contribution in [0.25, 0.3) is 5.57 Å². The van der Waals surface area contributed by atoms with Crippen LogP contribution in [0, 0.1) is 29.1 Å². The molecule has 1 aromatic carbocycles. The molecule has 0 saturated heterocycles. The second-order valence-corrected chi connectivity index (χ2v) is 5.85. The highest BCUT2D eigenvalue weighted by Crippen LogP contribution is 2.42. The second-order valence-electron chi connectivity index (χ2n) is 5.85. The van der Waals surface area contributed by atoms with Crippen LogP contribution < -0.4 is 0 Å². The van der Waals surface area contributed by atoms with Gasteiger partial charge in [-0.2, -0.15) is 18.4 Å². The van der Waals surface area contributed by atoms with Crippen LogP contribution in [0.5, 0.6) is 5.75 Å². The van der Waals surface area contributed by atoms with Gasteiger partial charge in [0, 0.05) is 6.42 Å². The number of nitrogens with zero attached hydrogens (tertiary/aromatic N) is 1. The zero-order chi connectivity index (χ0) is 17.3. The number of alkyl halides is 3. The van der Waals surface area contributed by atoms with Crippen molar-refractivity contribution in [1.29, 1.82) is 5.26 Å². The number of aromatic hydroxyl groups is 1. The minimum absolute atomic E-state index is 0.485. The maximum Gasteiger partial charge on any atom is 0.419 e. The summed E-state index contributed by atoms with van der Waals surface area (Å²) in [6.45, 7) is 0. The minimum Gasteiger partial charge on any atom is -0.507 e. The lowest BCUT2D eigenvalue weighted by atomic mass is 9.89. The monoisotopic (exact) mass is 329 g/mol. The van der Waals surface area contributed by atoms with Gasteiger partial charge in [-0.05, 0) is 54.2 Å². The van der Waals surface area contributed by atoms with E-state index in [9.17, 15) is 23.5 Å². The van der Waals surface area contributed by atoms with E-state index >= 15 is 0 Å². The first-order chi connectivity index (χ1) is 11.4. The van der Waals surface area contributed by atoms with E-state index in [-0.39, 0.29) is 0 Å². The molecule has 0 saturated carbocycles. The largest absolute Gasteiger partial charge is 0.507 e. The van der Waals surface area contributed by atoms with Crippen molar-refractivity contribution in [3.8, 4) is 23.7 Å². The van der Waals surface area contributed by atoms with Crippen molar-refractivity contribution in [2.75, 3.05) is 0 Å². The Morgan fingerprint density at radius 2 is 2.04 bits per heavy atom. The van der Waals surface area contributed by atoms with Gasteiger partial charge in [-0.3, -0.25) is 0 Å². The molecular weight excluding hydrogens is 315 g/mol. The molecular formula is C19H14F3NO. The fraction of sp³-hybridized carbons (Fsp3) is 0.316. The van der Waals surface area contributed by atoms with E-state index in [1.807, 2.05) is 0 Å². The third kappa shape index (κ3) is 3.03. The van der Waals surface area contributed by atoms with Crippen molar-refractivity contribution < 1.29 is 18.3 Å². The van der Waals surface area contributed by atoms with Crippen molar-refractivity contribution in [1.82, 2.24) is 0 Å². The van der Waals surface area contributed by atoms with Gasteiger partial charge >= 0.3 is 6.18 Å². The smallest absolute Gasteiger partial charge is 0.419 e. The average Bonchev–Trinajstić information content (AvgIpc) is 2.94. The Bertz CT molecular complexity index is 844. The van der Waals surface area contributed by atoms with Gasteiger partial charge in [0.25, 0.3) is 0 Å². The Balaban J connectivity index is 2.12. The Morgan fingerprint density at radius 3 is 2.71 bits per heavy atom. The molecule has 1 atom stereocenters. The number of phenolic OH excluding ortho intramolecular Hbond substituents is 1. The Kier molecular flexibility index (Phi) is 4.11. The first-order valence-corrected chi connectivity index (χ1v) is 7.62. The van der Waals surface area contributed by atoms with E-state index in [0.717, 1.165) is 37.0 Å². The van der Waals surface area contributed by atoms with Crippen molar-refractivity contribution in [3.05, 3.63) is 46.5 Å². The van der Waals surface area contributed by atoms with Crippen LogP contribution in [0.2, 0.25) is 0 Å². The quantitative estimate of drug-likeness (QED) is 0.751. The summed E-state index contributed by atoms with van der Waals surface area (Å²) in [5, 5.41) is 19.0. The molecule has 0 fully saturated rings. The SMILES string of the molecule is N#CC1C#CCC2=C(CCC2)C(c2ccc(C(F)(F)F)c(O)c2)=C1. The van der Waals surface area contributed by atoms with Gasteiger partial charge in [0.15, 0.2) is 0 Å². The van der Waals surface area contributed by atoms with E-state index in [4.69, 9.17) is 0 Å². The van der Waals surface area contributed by atoms with Crippen LogP contribution in [0.1, 0.15) is 36.8 Å². The van der Waals surface area contributed by atoms with E-state index < -0.39 is 23.4 Å². The predicted octanol–water partition coefficient (Wildman–Crippen LogP) is 4.82. The molecule has 2 aliphatic rings. The lowest BCUT2D eigenvalue weighted by Gasteiger charge is -2.16. The molecule has 0 radical (unpaired) electrons. The third-order valence-corrected chi connectivity index (χ3v) is 4.30. The van der Waals surface area contributed by atoms with Crippen molar-refractivity contribution in [2.45, 2.75) is 31.9 Å². The molecule has 5 heteroatoms. The Hall–Kier alpha value is -2.66. The Morgan fingerprint density at radius 1 is 1.25 bits per heavy atom. The number of halogens is 3. The molecule has 24 heavy (non-hydrogen) atoms. The summed E-state index contributed by atoms with van der Waals surface area (Å²) in [6.07, 6.45) is 0.351. The fourth-order valence-electron chi connectivity index (χ4n) is 3.18. The molecule has 3 rings (SSSR count). The fourth-order valence-corrected chi connectivity index (χ4v) is 3.18. The van der Waals surface area contributed by atoms with Gasteiger partial charge in [0.05, 0.1) is 11.6 Å². The van der Waals surface area contributed by atoms with Gasteiger partial charge < -0.3 is 5.11 Å². The topological polar surface area (TPSA) is 44.0 Å². The van der Waals surface area contributed by atoms with Gasteiger partial charge in [-0.25, -0.2) is 0 Å². The molecule has 0 heterocycles. The summed E-state index contributed by atoms with van der Waals surface area (Å²) in [6, 6.07) is 5.44. The van der Waals surface area contributed by atoms with E-state index in [1.54, 1.807) is 6.08 Å². The van der Waals surface area contributed by atoms with Crippen LogP contribution >= 0.6 is 0 Å². The maximum atomic E-state index is 12.8. The van der Waals surface area contributed by atoms with Gasteiger partial charge in [0.2, 0.25) is 0 Å². The third-order valence-electron chi connectivity index (χ3n) is 4.30. The lowest BCUT2D eigenvalue weighted by Crippen LogP contribution is -2.06. The van der Waals surface area contributed by atoms with E-state index in [0.29, 0.717) is 17.6 Å². The normalized spacial score (nSPS) is 20.2. The van der Waals surface area contributed by atoms with Crippen LogP contribution in [-0.4, -0.2) is 5.11 Å². The Labute approximate surface area is 137 Å². The summed E-state index contributed by atoms with van der Waals surface area (Å²) in [5.74, 6) is 4.45. The number of benzene rings is 1. The number of nitriles is 1. The summed E-state index contributed by atoms with van der Waals surface area (Å²) in [7, 11) is 0.